The van der Waals surface area contributed by atoms with Gasteiger partial charge in [-0.25, -0.2) is 14.5 Å². The van der Waals surface area contributed by atoms with Gasteiger partial charge < -0.3 is 34.7 Å². The van der Waals surface area contributed by atoms with Crippen molar-refractivity contribution in [1.82, 2.24) is 24.6 Å². The number of carbonyl (C=O) groups excluding carboxylic acids is 1. The average Bonchev–Trinajstić information content (AvgIpc) is 3.62. The SMILES string of the molecule is C[Si](C)(C)CCOCn1cc(-c2ccc(N3CCC(CNC(=O)O)CC3)c(NC(=O)c3nc(Br)cn3COCC[Si](C)(C)C)c2)cn1. The van der Waals surface area contributed by atoms with Crippen LogP contribution in [0.15, 0.2) is 41.4 Å². The predicted octanol–water partition coefficient (Wildman–Crippen LogP) is 6.87. The predicted molar refractivity (Wildman–Crippen MR) is 195 cm³/mol. The lowest BCUT2D eigenvalue weighted by molar-refractivity contribution is 0.0786. The first-order chi connectivity index (χ1) is 22.2. The van der Waals surface area contributed by atoms with Crippen LogP contribution in [0.2, 0.25) is 51.4 Å². The number of benzene rings is 1. The molecule has 258 valence electrons. The number of amides is 2. The molecule has 0 saturated carbocycles. The van der Waals surface area contributed by atoms with Crippen LogP contribution >= 0.6 is 15.9 Å². The van der Waals surface area contributed by atoms with E-state index in [1.54, 1.807) is 15.4 Å². The normalized spacial score (nSPS) is 14.4. The molecule has 1 aromatic carbocycles. The summed E-state index contributed by atoms with van der Waals surface area (Å²) in [7, 11) is -2.42. The summed E-state index contributed by atoms with van der Waals surface area (Å²) in [4.78, 5) is 31.5. The largest absolute Gasteiger partial charge is 0.465 e. The van der Waals surface area contributed by atoms with Crippen LogP contribution in [0.3, 0.4) is 0 Å². The standard InChI is InChI=1S/C32H50BrN7O5Si2/c1-46(2,3)15-13-44-22-39-21-29(33)37-30(39)31(41)36-27-17-25(26-19-35-40(20-26)23-45-14-16-47(4,5)6)7-8-28(27)38-11-9-24(10-12-38)18-34-32(42)43/h7-8,17,19-21,24,34H,9-16,18,22-23H2,1-6H3,(H,36,41)(H,42,43). The summed E-state index contributed by atoms with van der Waals surface area (Å²) in [5.41, 5.74) is 3.40. The molecule has 0 bridgehead atoms. The van der Waals surface area contributed by atoms with Gasteiger partial charge in [-0.3, -0.25) is 4.79 Å². The fraction of sp³-hybridized carbons (Fsp3) is 0.562. The molecule has 15 heteroatoms. The lowest BCUT2D eigenvalue weighted by Gasteiger charge is -2.34. The second kappa shape index (κ2) is 16.4. The van der Waals surface area contributed by atoms with E-state index in [2.05, 4.69) is 80.8 Å². The van der Waals surface area contributed by atoms with E-state index >= 15 is 0 Å². The Morgan fingerprint density at radius 2 is 1.64 bits per heavy atom. The van der Waals surface area contributed by atoms with Crippen molar-refractivity contribution in [2.24, 2.45) is 5.92 Å². The number of rotatable bonds is 16. The van der Waals surface area contributed by atoms with Crippen molar-refractivity contribution in [2.75, 3.05) is 43.1 Å². The van der Waals surface area contributed by atoms with E-state index in [0.717, 1.165) is 54.8 Å². The number of imidazole rings is 1. The Labute approximate surface area is 288 Å². The number of anilines is 2. The van der Waals surface area contributed by atoms with Crippen molar-refractivity contribution in [3.05, 3.63) is 47.2 Å². The van der Waals surface area contributed by atoms with E-state index in [9.17, 15) is 9.59 Å². The topological polar surface area (TPSA) is 136 Å². The number of nitrogens with one attached hydrogen (secondary N) is 2. The number of halogens is 1. The van der Waals surface area contributed by atoms with Crippen LogP contribution in [0.4, 0.5) is 16.2 Å². The molecule has 12 nitrogen and oxygen atoms in total. The quantitative estimate of drug-likeness (QED) is 0.107. The summed E-state index contributed by atoms with van der Waals surface area (Å²) in [6.45, 7) is 17.8. The van der Waals surface area contributed by atoms with Gasteiger partial charge in [0.05, 0.1) is 17.6 Å². The van der Waals surface area contributed by atoms with E-state index in [1.165, 1.54) is 0 Å². The van der Waals surface area contributed by atoms with Crippen molar-refractivity contribution in [2.45, 2.75) is 77.7 Å². The van der Waals surface area contributed by atoms with Gasteiger partial charge in [-0.05, 0) is 64.5 Å². The van der Waals surface area contributed by atoms with Crippen molar-refractivity contribution in [3.63, 3.8) is 0 Å². The summed E-state index contributed by atoms with van der Waals surface area (Å²) in [6.07, 6.45) is 6.21. The zero-order valence-electron chi connectivity index (χ0n) is 28.5. The van der Waals surface area contributed by atoms with Crippen LogP contribution in [-0.4, -0.2) is 85.4 Å². The zero-order valence-corrected chi connectivity index (χ0v) is 32.1. The van der Waals surface area contributed by atoms with Gasteiger partial charge in [0, 0.05) is 67.0 Å². The molecule has 0 unspecified atom stereocenters. The van der Waals surface area contributed by atoms with Crippen LogP contribution in [0.1, 0.15) is 23.5 Å². The van der Waals surface area contributed by atoms with Gasteiger partial charge in [-0.2, -0.15) is 5.10 Å². The average molecular weight is 749 g/mol. The second-order valence-corrected chi connectivity index (χ2v) is 26.7. The Morgan fingerprint density at radius 3 is 2.28 bits per heavy atom. The van der Waals surface area contributed by atoms with Crippen molar-refractivity contribution >= 4 is 55.5 Å². The molecule has 3 N–H and O–H groups in total. The Morgan fingerprint density at radius 1 is 0.979 bits per heavy atom. The first-order valence-electron chi connectivity index (χ1n) is 16.2. The highest BCUT2D eigenvalue weighted by Gasteiger charge is 2.24. The molecular formula is C32H50BrN7O5Si2. The van der Waals surface area contributed by atoms with E-state index < -0.39 is 22.2 Å². The number of hydrogen-bond donors (Lipinski definition) is 3. The first-order valence-corrected chi connectivity index (χ1v) is 24.5. The zero-order chi connectivity index (χ0) is 34.2. The molecule has 2 amide bonds. The Kier molecular flexibility index (Phi) is 12.9. The van der Waals surface area contributed by atoms with E-state index in [-0.39, 0.29) is 24.4 Å². The summed E-state index contributed by atoms with van der Waals surface area (Å²) < 4.78 is 15.9. The molecule has 0 aliphatic carbocycles. The van der Waals surface area contributed by atoms with Gasteiger partial charge in [0.2, 0.25) is 5.82 Å². The minimum absolute atomic E-state index is 0.232. The fourth-order valence-corrected chi connectivity index (χ4v) is 7.13. The fourth-order valence-electron chi connectivity index (χ4n) is 5.20. The third kappa shape index (κ3) is 11.9. The maximum absolute atomic E-state index is 13.8. The smallest absolute Gasteiger partial charge is 0.404 e. The number of ether oxygens (including phenoxy) is 2. The third-order valence-corrected chi connectivity index (χ3v) is 11.9. The van der Waals surface area contributed by atoms with Crippen molar-refractivity contribution < 1.29 is 24.2 Å². The lowest BCUT2D eigenvalue weighted by atomic mass is 9.96. The number of aromatic nitrogens is 4. The first kappa shape index (κ1) is 36.8. The van der Waals surface area contributed by atoms with Crippen LogP contribution in [-0.2, 0) is 22.9 Å². The lowest BCUT2D eigenvalue weighted by Crippen LogP contribution is -2.38. The molecule has 2 aromatic heterocycles. The van der Waals surface area contributed by atoms with Crippen LogP contribution < -0.4 is 15.5 Å². The minimum atomic E-state index is -1.25. The number of hydrogen-bond acceptors (Lipinski definition) is 7. The Hall–Kier alpha value is -2.99. The Bertz CT molecular complexity index is 1490. The highest BCUT2D eigenvalue weighted by Crippen LogP contribution is 2.34. The third-order valence-electron chi connectivity index (χ3n) is 8.11. The van der Waals surface area contributed by atoms with E-state index in [4.69, 9.17) is 14.6 Å². The van der Waals surface area contributed by atoms with Gasteiger partial charge >= 0.3 is 6.09 Å². The molecule has 3 heterocycles. The summed E-state index contributed by atoms with van der Waals surface area (Å²) in [5.74, 6) is 0.183. The molecule has 1 aliphatic rings. The summed E-state index contributed by atoms with van der Waals surface area (Å²) in [5, 5.41) is 19.2. The second-order valence-electron chi connectivity index (χ2n) is 14.6. The van der Waals surface area contributed by atoms with Gasteiger partial charge in [-0.15, -0.1) is 0 Å². The number of carbonyl (C=O) groups is 2. The van der Waals surface area contributed by atoms with Gasteiger partial charge in [0.25, 0.3) is 5.91 Å². The molecule has 3 aromatic rings. The molecular weight excluding hydrogens is 698 g/mol. The minimum Gasteiger partial charge on any atom is -0.465 e. The van der Waals surface area contributed by atoms with Crippen LogP contribution in [0.25, 0.3) is 11.1 Å². The molecule has 1 aliphatic heterocycles. The highest BCUT2D eigenvalue weighted by atomic mass is 79.9. The molecule has 0 atom stereocenters. The van der Waals surface area contributed by atoms with Gasteiger partial charge in [0.15, 0.2) is 0 Å². The van der Waals surface area contributed by atoms with Gasteiger partial charge in [-0.1, -0.05) is 45.3 Å². The monoisotopic (exact) mass is 747 g/mol. The van der Waals surface area contributed by atoms with E-state index in [0.29, 0.717) is 36.8 Å². The molecule has 1 saturated heterocycles. The molecule has 4 rings (SSSR count). The number of piperidine rings is 1. The number of carboxylic acid groups (broad SMARTS) is 1. The molecule has 1 fully saturated rings. The molecule has 47 heavy (non-hydrogen) atoms. The molecule has 0 spiro atoms. The number of nitrogens with zero attached hydrogens (tertiary/aromatic N) is 5. The van der Waals surface area contributed by atoms with Crippen LogP contribution in [0, 0.1) is 5.92 Å². The molecule has 0 radical (unpaired) electrons. The van der Waals surface area contributed by atoms with Crippen LogP contribution in [0.5, 0.6) is 0 Å². The maximum Gasteiger partial charge on any atom is 0.404 e. The summed E-state index contributed by atoms with van der Waals surface area (Å²) >= 11 is 3.43. The maximum atomic E-state index is 13.8. The van der Waals surface area contributed by atoms with Crippen molar-refractivity contribution in [1.29, 1.82) is 0 Å². The Balaban J connectivity index is 1.52. The van der Waals surface area contributed by atoms with Gasteiger partial charge in [0.1, 0.15) is 18.1 Å². The van der Waals surface area contributed by atoms with E-state index in [1.807, 2.05) is 30.6 Å². The summed E-state index contributed by atoms with van der Waals surface area (Å²) in [6, 6.07) is 8.18. The van der Waals surface area contributed by atoms with Crippen molar-refractivity contribution in [3.8, 4) is 11.1 Å². The highest BCUT2D eigenvalue weighted by molar-refractivity contribution is 9.10.